The molecule has 2 rings (SSSR count). The molecule has 0 unspecified atom stereocenters. The lowest BCUT2D eigenvalue weighted by Gasteiger charge is -2.30. The van der Waals surface area contributed by atoms with Crippen molar-refractivity contribution in [3.63, 3.8) is 0 Å². The van der Waals surface area contributed by atoms with Gasteiger partial charge in [-0.2, -0.15) is 0 Å². The number of aromatic carboxylic acids is 1. The Hall–Kier alpha value is -3.03. The highest BCUT2D eigenvalue weighted by atomic mass is 16.5. The highest BCUT2D eigenvalue weighted by Gasteiger charge is 2.20. The molecular weight excluding hydrogens is 340 g/mol. The molecule has 0 saturated carbocycles. The normalized spacial score (nSPS) is 14.5. The summed E-state index contributed by atoms with van der Waals surface area (Å²) in [5, 5.41) is 12.3. The number of ether oxygens (including phenoxy) is 2. The molecule has 1 saturated heterocycles. The second-order valence-corrected chi connectivity index (χ2v) is 5.78. The number of carbonyl (C=O) groups is 3. The fraction of sp³-hybridized carbons (Fsp3) is 0.389. The number of piperidine rings is 1. The van der Waals surface area contributed by atoms with Gasteiger partial charge in [0, 0.05) is 18.8 Å². The molecule has 1 aromatic carbocycles. The molecule has 8 nitrogen and oxygen atoms in total. The number of carboxylic acid groups (broad SMARTS) is 1. The topological polar surface area (TPSA) is 105 Å². The third kappa shape index (κ3) is 4.75. The maximum absolute atomic E-state index is 11.8. The minimum Gasteiger partial charge on any atom is -0.478 e. The third-order valence-electron chi connectivity index (χ3n) is 4.07. The number of nitrogens with zero attached hydrogens (tertiary/aromatic N) is 1. The van der Waals surface area contributed by atoms with Crippen LogP contribution in [0.15, 0.2) is 30.0 Å². The lowest BCUT2D eigenvalue weighted by atomic mass is 10.1. The predicted octanol–water partition coefficient (Wildman–Crippen LogP) is 2.02. The number of nitrogens with one attached hydrogen (secondary N) is 1. The van der Waals surface area contributed by atoms with E-state index in [1.807, 2.05) is 4.90 Å². The van der Waals surface area contributed by atoms with Crippen LogP contribution in [0.1, 0.15) is 29.6 Å². The number of carbonyl (C=O) groups excluding carboxylic acids is 2. The number of methoxy groups -OCH3 is 2. The summed E-state index contributed by atoms with van der Waals surface area (Å²) < 4.78 is 9.13. The lowest BCUT2D eigenvalue weighted by molar-refractivity contribution is -0.138. The van der Waals surface area contributed by atoms with E-state index < -0.39 is 17.9 Å². The summed E-state index contributed by atoms with van der Waals surface area (Å²) >= 11 is 0. The van der Waals surface area contributed by atoms with Crippen LogP contribution in [-0.4, -0.2) is 50.3 Å². The van der Waals surface area contributed by atoms with Crippen molar-refractivity contribution < 1.29 is 29.0 Å². The van der Waals surface area contributed by atoms with Crippen molar-refractivity contribution in [2.45, 2.75) is 19.3 Å². The number of esters is 2. The average Bonchev–Trinajstić information content (AvgIpc) is 2.67. The van der Waals surface area contributed by atoms with Crippen molar-refractivity contribution in [3.05, 3.63) is 35.5 Å². The fourth-order valence-electron chi connectivity index (χ4n) is 2.78. The second kappa shape index (κ2) is 8.89. The van der Waals surface area contributed by atoms with Crippen LogP contribution >= 0.6 is 0 Å². The minimum atomic E-state index is -1.06. The van der Waals surface area contributed by atoms with E-state index in [-0.39, 0.29) is 11.3 Å². The summed E-state index contributed by atoms with van der Waals surface area (Å²) in [4.78, 5) is 37.0. The molecule has 26 heavy (non-hydrogen) atoms. The Morgan fingerprint density at radius 2 is 1.81 bits per heavy atom. The molecule has 1 aromatic rings. The van der Waals surface area contributed by atoms with Crippen molar-refractivity contribution in [2.75, 3.05) is 37.5 Å². The number of carboxylic acids is 1. The summed E-state index contributed by atoms with van der Waals surface area (Å²) in [6.07, 6.45) is 4.13. The number of rotatable bonds is 6. The van der Waals surface area contributed by atoms with E-state index in [1.165, 1.54) is 20.3 Å². The monoisotopic (exact) mass is 362 g/mol. The number of benzene rings is 1. The van der Waals surface area contributed by atoms with Crippen molar-refractivity contribution >= 4 is 29.3 Å². The summed E-state index contributed by atoms with van der Waals surface area (Å²) in [5.41, 5.74) is 0.962. The fourth-order valence-corrected chi connectivity index (χ4v) is 2.78. The number of anilines is 2. The molecule has 1 aliphatic heterocycles. The summed E-state index contributed by atoms with van der Waals surface area (Å²) in [5.74, 6) is -2.57. The number of hydrogen-bond acceptors (Lipinski definition) is 7. The van der Waals surface area contributed by atoms with Crippen LogP contribution in [0.5, 0.6) is 0 Å². The van der Waals surface area contributed by atoms with Gasteiger partial charge in [0.2, 0.25) is 0 Å². The van der Waals surface area contributed by atoms with E-state index in [4.69, 9.17) is 0 Å². The quantitative estimate of drug-likeness (QED) is 0.585. The van der Waals surface area contributed by atoms with E-state index in [0.717, 1.165) is 38.4 Å². The first-order valence-corrected chi connectivity index (χ1v) is 8.23. The van der Waals surface area contributed by atoms with Gasteiger partial charge >= 0.3 is 17.9 Å². The Morgan fingerprint density at radius 3 is 2.38 bits per heavy atom. The van der Waals surface area contributed by atoms with Crippen LogP contribution in [0.4, 0.5) is 11.4 Å². The van der Waals surface area contributed by atoms with Gasteiger partial charge in [0.05, 0.1) is 31.5 Å². The molecule has 0 atom stereocenters. The molecule has 0 amide bonds. The smallest absolute Gasteiger partial charge is 0.354 e. The van der Waals surface area contributed by atoms with Gasteiger partial charge in [-0.3, -0.25) is 0 Å². The maximum atomic E-state index is 11.8. The van der Waals surface area contributed by atoms with Gasteiger partial charge in [0.15, 0.2) is 0 Å². The van der Waals surface area contributed by atoms with Crippen LogP contribution in [0, 0.1) is 0 Å². The molecule has 0 radical (unpaired) electrons. The van der Waals surface area contributed by atoms with Crippen molar-refractivity contribution in [1.82, 2.24) is 0 Å². The van der Waals surface area contributed by atoms with E-state index in [0.29, 0.717) is 11.4 Å². The zero-order chi connectivity index (χ0) is 19.1. The summed E-state index contributed by atoms with van der Waals surface area (Å²) in [7, 11) is 2.36. The summed E-state index contributed by atoms with van der Waals surface area (Å²) in [6.45, 7) is 1.62. The van der Waals surface area contributed by atoms with E-state index in [1.54, 1.807) is 12.1 Å². The Morgan fingerprint density at radius 1 is 1.12 bits per heavy atom. The van der Waals surface area contributed by atoms with Gasteiger partial charge in [-0.05, 0) is 37.5 Å². The Bertz CT molecular complexity index is 722. The highest BCUT2D eigenvalue weighted by Crippen LogP contribution is 2.27. The standard InChI is InChI=1S/C18H22N2O6/c1-25-16(21)11-14(18(24)26-2)19-12-6-7-15(13(10-12)17(22)23)20-8-4-3-5-9-20/h6-7,10-11,19H,3-5,8-9H2,1-2H3,(H,22,23)/b14-11+. The van der Waals surface area contributed by atoms with Crippen LogP contribution in [0.3, 0.4) is 0 Å². The molecular formula is C18H22N2O6. The van der Waals surface area contributed by atoms with Crippen LogP contribution in [-0.2, 0) is 19.1 Å². The second-order valence-electron chi connectivity index (χ2n) is 5.78. The van der Waals surface area contributed by atoms with Crippen molar-refractivity contribution in [2.24, 2.45) is 0 Å². The first-order chi connectivity index (χ1) is 12.5. The molecule has 0 aromatic heterocycles. The van der Waals surface area contributed by atoms with Gasteiger partial charge < -0.3 is 24.8 Å². The summed E-state index contributed by atoms with van der Waals surface area (Å²) in [6, 6.07) is 4.79. The molecule has 140 valence electrons. The first kappa shape index (κ1) is 19.3. The molecule has 0 bridgehead atoms. The molecule has 8 heteroatoms. The lowest BCUT2D eigenvalue weighted by Crippen LogP contribution is -2.30. The van der Waals surface area contributed by atoms with Gasteiger partial charge in [0.25, 0.3) is 0 Å². The zero-order valence-electron chi connectivity index (χ0n) is 14.8. The first-order valence-electron chi connectivity index (χ1n) is 8.23. The largest absolute Gasteiger partial charge is 0.478 e. The molecule has 0 aliphatic carbocycles. The van der Waals surface area contributed by atoms with Crippen LogP contribution < -0.4 is 10.2 Å². The average molecular weight is 362 g/mol. The maximum Gasteiger partial charge on any atom is 0.354 e. The van der Waals surface area contributed by atoms with Gasteiger partial charge in [-0.25, -0.2) is 14.4 Å². The minimum absolute atomic E-state index is 0.124. The van der Waals surface area contributed by atoms with E-state index in [2.05, 4.69) is 14.8 Å². The zero-order valence-corrected chi connectivity index (χ0v) is 14.8. The van der Waals surface area contributed by atoms with Crippen molar-refractivity contribution in [3.8, 4) is 0 Å². The molecule has 1 heterocycles. The predicted molar refractivity (Wildman–Crippen MR) is 95.2 cm³/mol. The Kier molecular flexibility index (Phi) is 6.60. The third-order valence-corrected chi connectivity index (χ3v) is 4.07. The molecule has 0 spiro atoms. The van der Waals surface area contributed by atoms with Crippen LogP contribution in [0.25, 0.3) is 0 Å². The highest BCUT2D eigenvalue weighted by molar-refractivity contribution is 6.00. The van der Waals surface area contributed by atoms with Gasteiger partial charge in [-0.1, -0.05) is 0 Å². The van der Waals surface area contributed by atoms with Gasteiger partial charge in [-0.15, -0.1) is 0 Å². The number of hydrogen-bond donors (Lipinski definition) is 2. The van der Waals surface area contributed by atoms with Crippen LogP contribution in [0.2, 0.25) is 0 Å². The SMILES string of the molecule is COC(=O)/C=C(/Nc1ccc(N2CCCCC2)c(C(=O)O)c1)C(=O)OC. The Balaban J connectivity index is 2.32. The molecule has 2 N–H and O–H groups in total. The Labute approximate surface area is 151 Å². The molecule has 1 aliphatic rings. The van der Waals surface area contributed by atoms with Crippen molar-refractivity contribution in [1.29, 1.82) is 0 Å². The molecule has 1 fully saturated rings. The van der Waals surface area contributed by atoms with E-state index in [9.17, 15) is 19.5 Å². The van der Waals surface area contributed by atoms with E-state index >= 15 is 0 Å². The van der Waals surface area contributed by atoms with Gasteiger partial charge in [0.1, 0.15) is 5.70 Å².